The number of benzene rings is 7. The third-order valence-electron chi connectivity index (χ3n) is 8.74. The number of aromatic nitrogens is 1. The number of anilines is 3. The molecule has 0 atom stereocenters. The first-order valence-corrected chi connectivity index (χ1v) is 16.0. The van der Waals surface area contributed by atoms with Crippen LogP contribution in [0.3, 0.4) is 0 Å². The molecule has 0 aliphatic rings. The third-order valence-corrected chi connectivity index (χ3v) is 8.74. The molecular formula is C45H32N2. The van der Waals surface area contributed by atoms with E-state index >= 15 is 0 Å². The predicted molar refractivity (Wildman–Crippen MR) is 198 cm³/mol. The van der Waals surface area contributed by atoms with Gasteiger partial charge in [0.25, 0.3) is 0 Å². The van der Waals surface area contributed by atoms with Crippen LogP contribution in [0.4, 0.5) is 17.1 Å². The number of pyridine rings is 1. The number of hydrogen-bond donors (Lipinski definition) is 0. The molecule has 0 radical (unpaired) electrons. The van der Waals surface area contributed by atoms with Crippen molar-refractivity contribution in [1.82, 2.24) is 4.98 Å². The Bertz CT molecular complexity index is 2260. The van der Waals surface area contributed by atoms with Crippen LogP contribution in [-0.4, -0.2) is 4.98 Å². The molecule has 0 aliphatic heterocycles. The Morgan fingerprint density at radius 2 is 0.915 bits per heavy atom. The molecule has 8 aromatic rings. The molecule has 47 heavy (non-hydrogen) atoms. The van der Waals surface area contributed by atoms with Crippen molar-refractivity contribution >= 4 is 27.8 Å². The number of fused-ring (bicyclic) bond motifs is 1. The Morgan fingerprint density at radius 3 is 1.60 bits per heavy atom. The van der Waals surface area contributed by atoms with Gasteiger partial charge >= 0.3 is 0 Å². The Kier molecular flexibility index (Phi) is 7.59. The van der Waals surface area contributed by atoms with Crippen LogP contribution in [0.1, 0.15) is 0 Å². The molecule has 222 valence electrons. The van der Waals surface area contributed by atoms with E-state index < -0.39 is 0 Å². The highest BCUT2D eigenvalue weighted by Gasteiger charge is 2.18. The van der Waals surface area contributed by atoms with Gasteiger partial charge in [-0.2, -0.15) is 0 Å². The minimum Gasteiger partial charge on any atom is -0.309 e. The van der Waals surface area contributed by atoms with Gasteiger partial charge in [-0.1, -0.05) is 140 Å². The fourth-order valence-electron chi connectivity index (χ4n) is 6.55. The quantitative estimate of drug-likeness (QED) is 0.181. The van der Waals surface area contributed by atoms with Gasteiger partial charge in [-0.05, 0) is 97.7 Å². The summed E-state index contributed by atoms with van der Waals surface area (Å²) in [7, 11) is 0. The second kappa shape index (κ2) is 12.6. The maximum Gasteiger partial charge on any atom is 0.0644 e. The average molecular weight is 601 g/mol. The standard InChI is InChI=1S/C45H32N2/c1-4-14-33(15-5-1)37-20-12-21-39(30-37)47(40-22-13-29-46-32-40)38-27-25-35(26-28-38)43-31-44(34-16-6-2-7-17-34)45(36-18-8-3-9-19-36)42-24-11-10-23-41(42)43/h1-32H. The normalized spacial score (nSPS) is 11.0. The van der Waals surface area contributed by atoms with Crippen LogP contribution < -0.4 is 4.90 Å². The monoisotopic (exact) mass is 600 g/mol. The first-order chi connectivity index (χ1) is 23.3. The molecule has 1 aromatic heterocycles. The zero-order chi connectivity index (χ0) is 31.4. The smallest absolute Gasteiger partial charge is 0.0644 e. The van der Waals surface area contributed by atoms with Gasteiger partial charge in [0, 0.05) is 17.6 Å². The summed E-state index contributed by atoms with van der Waals surface area (Å²) in [5, 5.41) is 2.48. The first kappa shape index (κ1) is 28.2. The number of hydrogen-bond acceptors (Lipinski definition) is 2. The van der Waals surface area contributed by atoms with E-state index in [-0.39, 0.29) is 0 Å². The molecule has 0 spiro atoms. The van der Waals surface area contributed by atoms with Crippen molar-refractivity contribution in [3.63, 3.8) is 0 Å². The van der Waals surface area contributed by atoms with Crippen LogP contribution in [0.5, 0.6) is 0 Å². The van der Waals surface area contributed by atoms with Gasteiger partial charge in [0.05, 0.1) is 11.9 Å². The SMILES string of the molecule is c1ccc(-c2cccc(N(c3ccc(-c4cc(-c5ccccc5)c(-c5ccccc5)c5ccccc45)cc3)c3cccnc3)c2)cc1. The predicted octanol–water partition coefficient (Wildman–Crippen LogP) is 12.4. The molecule has 0 saturated heterocycles. The molecule has 0 N–H and O–H groups in total. The Hall–Kier alpha value is -6.25. The molecule has 7 aromatic carbocycles. The lowest BCUT2D eigenvalue weighted by atomic mass is 9.85. The minimum absolute atomic E-state index is 1.01. The molecule has 2 nitrogen and oxygen atoms in total. The van der Waals surface area contributed by atoms with Crippen LogP contribution in [0.15, 0.2) is 194 Å². The summed E-state index contributed by atoms with van der Waals surface area (Å²) in [6.45, 7) is 0. The Morgan fingerprint density at radius 1 is 0.340 bits per heavy atom. The van der Waals surface area contributed by atoms with Crippen LogP contribution in [0, 0.1) is 0 Å². The summed E-state index contributed by atoms with van der Waals surface area (Å²) in [5.41, 5.74) is 12.8. The summed E-state index contributed by atoms with van der Waals surface area (Å²) < 4.78 is 0. The molecule has 8 rings (SSSR count). The van der Waals surface area contributed by atoms with Crippen molar-refractivity contribution in [2.24, 2.45) is 0 Å². The van der Waals surface area contributed by atoms with E-state index in [1.807, 2.05) is 18.5 Å². The maximum atomic E-state index is 4.47. The summed E-state index contributed by atoms with van der Waals surface area (Å²) in [5.74, 6) is 0. The van der Waals surface area contributed by atoms with E-state index in [0.717, 1.165) is 17.1 Å². The van der Waals surface area contributed by atoms with Crippen LogP contribution in [-0.2, 0) is 0 Å². The molecule has 0 aliphatic carbocycles. The van der Waals surface area contributed by atoms with Gasteiger partial charge in [0.2, 0.25) is 0 Å². The van der Waals surface area contributed by atoms with Gasteiger partial charge in [-0.15, -0.1) is 0 Å². The van der Waals surface area contributed by atoms with E-state index in [2.05, 4.69) is 186 Å². The van der Waals surface area contributed by atoms with E-state index in [0.29, 0.717) is 0 Å². The van der Waals surface area contributed by atoms with Gasteiger partial charge < -0.3 is 4.90 Å². The lowest BCUT2D eigenvalue weighted by Gasteiger charge is -2.26. The third kappa shape index (κ3) is 5.58. The van der Waals surface area contributed by atoms with Crippen LogP contribution in [0.25, 0.3) is 55.3 Å². The zero-order valence-electron chi connectivity index (χ0n) is 25.9. The summed E-state index contributed by atoms with van der Waals surface area (Å²) in [6.07, 6.45) is 3.74. The van der Waals surface area contributed by atoms with E-state index in [9.17, 15) is 0 Å². The molecule has 0 fully saturated rings. The van der Waals surface area contributed by atoms with E-state index in [1.54, 1.807) is 0 Å². The molecule has 0 bridgehead atoms. The van der Waals surface area contributed by atoms with Crippen molar-refractivity contribution < 1.29 is 0 Å². The Balaban J connectivity index is 1.27. The molecule has 0 amide bonds. The lowest BCUT2D eigenvalue weighted by Crippen LogP contribution is -2.10. The van der Waals surface area contributed by atoms with E-state index in [1.165, 1.54) is 55.3 Å². The number of nitrogens with zero attached hydrogens (tertiary/aromatic N) is 2. The fraction of sp³-hybridized carbons (Fsp3) is 0. The van der Waals surface area contributed by atoms with Crippen molar-refractivity contribution in [1.29, 1.82) is 0 Å². The first-order valence-electron chi connectivity index (χ1n) is 16.0. The molecule has 0 saturated carbocycles. The van der Waals surface area contributed by atoms with E-state index in [4.69, 9.17) is 0 Å². The van der Waals surface area contributed by atoms with Crippen molar-refractivity contribution in [3.8, 4) is 44.5 Å². The van der Waals surface area contributed by atoms with Gasteiger partial charge in [0.1, 0.15) is 0 Å². The van der Waals surface area contributed by atoms with Gasteiger partial charge in [0.15, 0.2) is 0 Å². The topological polar surface area (TPSA) is 16.1 Å². The van der Waals surface area contributed by atoms with Crippen LogP contribution >= 0.6 is 0 Å². The molecule has 1 heterocycles. The van der Waals surface area contributed by atoms with Gasteiger partial charge in [-0.25, -0.2) is 0 Å². The fourth-order valence-corrected chi connectivity index (χ4v) is 6.55. The number of rotatable bonds is 7. The molecular weight excluding hydrogens is 569 g/mol. The zero-order valence-corrected chi connectivity index (χ0v) is 25.9. The van der Waals surface area contributed by atoms with Crippen molar-refractivity contribution in [2.45, 2.75) is 0 Å². The summed E-state index contributed by atoms with van der Waals surface area (Å²) in [6, 6.07) is 64.9. The highest BCUT2D eigenvalue weighted by Crippen LogP contribution is 2.44. The van der Waals surface area contributed by atoms with Crippen molar-refractivity contribution in [2.75, 3.05) is 4.90 Å². The minimum atomic E-state index is 1.01. The van der Waals surface area contributed by atoms with Gasteiger partial charge in [-0.3, -0.25) is 4.98 Å². The molecule has 0 unspecified atom stereocenters. The van der Waals surface area contributed by atoms with Crippen LogP contribution in [0.2, 0.25) is 0 Å². The second-order valence-electron chi connectivity index (χ2n) is 11.6. The summed E-state index contributed by atoms with van der Waals surface area (Å²) in [4.78, 5) is 6.74. The average Bonchev–Trinajstić information content (AvgIpc) is 3.16. The Labute approximate surface area is 275 Å². The highest BCUT2D eigenvalue weighted by atomic mass is 15.1. The molecule has 2 heteroatoms. The second-order valence-corrected chi connectivity index (χ2v) is 11.6. The largest absolute Gasteiger partial charge is 0.309 e. The van der Waals surface area contributed by atoms with Crippen molar-refractivity contribution in [3.05, 3.63) is 194 Å². The summed E-state index contributed by atoms with van der Waals surface area (Å²) >= 11 is 0. The maximum absolute atomic E-state index is 4.47. The highest BCUT2D eigenvalue weighted by molar-refractivity contribution is 6.10. The lowest BCUT2D eigenvalue weighted by molar-refractivity contribution is 1.23.